The maximum atomic E-state index is 13.1. The molecule has 1 aliphatic heterocycles. The van der Waals surface area contributed by atoms with E-state index in [1.165, 1.54) is 16.5 Å². The van der Waals surface area contributed by atoms with Gasteiger partial charge in [0.15, 0.2) is 6.04 Å². The molecule has 0 amide bonds. The Morgan fingerprint density at radius 3 is 2.08 bits per heavy atom. The van der Waals surface area contributed by atoms with Crippen LogP contribution in [-0.2, 0) is 9.53 Å². The van der Waals surface area contributed by atoms with Crippen LogP contribution in [0.2, 0.25) is 0 Å². The summed E-state index contributed by atoms with van der Waals surface area (Å²) in [6, 6.07) is 9.70. The average Bonchev–Trinajstić information content (AvgIpc) is 2.64. The second-order valence-electron chi connectivity index (χ2n) is 6.14. The van der Waals surface area contributed by atoms with Crippen molar-refractivity contribution in [2.75, 3.05) is 7.11 Å². The quantitative estimate of drug-likeness (QED) is 0.388. The molecule has 0 saturated carbocycles. The van der Waals surface area contributed by atoms with E-state index in [0.29, 0.717) is 10.8 Å². The van der Waals surface area contributed by atoms with Gasteiger partial charge in [0.25, 0.3) is 11.1 Å². The number of carbonyl (C=O) groups excluding carboxylic acids is 1. The molecule has 25 heavy (non-hydrogen) atoms. The number of carbonyl (C=O) groups is 1. The third-order valence-electron chi connectivity index (χ3n) is 4.66. The molecule has 0 radical (unpaired) electrons. The van der Waals surface area contributed by atoms with Crippen molar-refractivity contribution in [1.82, 2.24) is 9.36 Å². The summed E-state index contributed by atoms with van der Waals surface area (Å²) in [6.07, 6.45) is 3.33. The normalized spacial score (nSPS) is 19.1. The predicted molar refractivity (Wildman–Crippen MR) is 94.9 cm³/mol. The Balaban J connectivity index is 2.17. The summed E-state index contributed by atoms with van der Waals surface area (Å²) in [5, 5.41) is 2.41. The Morgan fingerprint density at radius 1 is 0.960 bits per heavy atom. The smallest absolute Gasteiger partial charge is 0.334 e. The second-order valence-corrected chi connectivity index (χ2v) is 6.14. The van der Waals surface area contributed by atoms with Crippen molar-refractivity contribution in [2.24, 2.45) is 0 Å². The zero-order valence-corrected chi connectivity index (χ0v) is 13.8. The molecule has 2 atom stereocenters. The highest BCUT2D eigenvalue weighted by Gasteiger charge is 2.29. The highest BCUT2D eigenvalue weighted by atomic mass is 16.5. The number of ether oxygens (including phenoxy) is 1. The Morgan fingerprint density at radius 2 is 1.52 bits per heavy atom. The minimum Gasteiger partial charge on any atom is -0.467 e. The monoisotopic (exact) mass is 336 g/mol. The number of allylic oxidation sites excluding steroid dienone is 1. The van der Waals surface area contributed by atoms with Crippen LogP contribution in [0.4, 0.5) is 0 Å². The van der Waals surface area contributed by atoms with E-state index < -0.39 is 12.0 Å². The van der Waals surface area contributed by atoms with Crippen molar-refractivity contribution in [3.8, 4) is 0 Å². The van der Waals surface area contributed by atoms with E-state index in [-0.39, 0.29) is 17.2 Å². The lowest BCUT2D eigenvalue weighted by molar-refractivity contribution is -0.143. The van der Waals surface area contributed by atoms with Crippen molar-refractivity contribution in [3.05, 3.63) is 69.3 Å². The van der Waals surface area contributed by atoms with Crippen LogP contribution in [-0.4, -0.2) is 22.4 Å². The van der Waals surface area contributed by atoms with E-state index in [1.54, 1.807) is 31.2 Å². The van der Waals surface area contributed by atoms with E-state index in [9.17, 15) is 14.4 Å². The third-order valence-corrected chi connectivity index (χ3v) is 4.66. The van der Waals surface area contributed by atoms with E-state index in [2.05, 4.69) is 0 Å². The Hall–Kier alpha value is -3.15. The van der Waals surface area contributed by atoms with E-state index in [4.69, 9.17) is 4.74 Å². The highest BCUT2D eigenvalue weighted by molar-refractivity contribution is 5.97. The lowest BCUT2D eigenvalue weighted by atomic mass is 10.0. The van der Waals surface area contributed by atoms with Crippen molar-refractivity contribution in [1.29, 1.82) is 0 Å². The summed E-state index contributed by atoms with van der Waals surface area (Å²) in [6.45, 7) is 1.80. The maximum absolute atomic E-state index is 13.1. The van der Waals surface area contributed by atoms with Gasteiger partial charge < -0.3 is 4.74 Å². The molecule has 4 rings (SSSR count). The summed E-state index contributed by atoms with van der Waals surface area (Å²) >= 11 is 0. The number of hydrogen-bond donors (Lipinski definition) is 0. The minimum absolute atomic E-state index is 0.300. The molecule has 6 nitrogen and oxygen atoms in total. The average molecular weight is 336 g/mol. The molecular weight excluding hydrogens is 320 g/mol. The van der Waals surface area contributed by atoms with Crippen LogP contribution in [0.3, 0.4) is 0 Å². The van der Waals surface area contributed by atoms with Crippen molar-refractivity contribution in [3.63, 3.8) is 0 Å². The topological polar surface area (TPSA) is 70.3 Å². The van der Waals surface area contributed by atoms with E-state index >= 15 is 0 Å². The molecule has 0 spiro atoms. The minimum atomic E-state index is -0.947. The third kappa shape index (κ3) is 2.14. The molecule has 0 aliphatic carbocycles. The molecule has 2 unspecified atom stereocenters. The van der Waals surface area contributed by atoms with Gasteiger partial charge in [-0.05, 0) is 29.8 Å². The van der Waals surface area contributed by atoms with Crippen LogP contribution in [0.5, 0.6) is 0 Å². The van der Waals surface area contributed by atoms with Gasteiger partial charge in [-0.1, -0.05) is 36.4 Å². The summed E-state index contributed by atoms with van der Waals surface area (Å²) in [7, 11) is 1.26. The van der Waals surface area contributed by atoms with Crippen LogP contribution in [0.1, 0.15) is 19.0 Å². The Labute approximate surface area is 142 Å². The number of methoxy groups -OCH3 is 1. The van der Waals surface area contributed by atoms with Crippen LogP contribution in [0, 0.1) is 0 Å². The molecule has 6 heteroatoms. The maximum Gasteiger partial charge on any atom is 0.334 e. The highest BCUT2D eigenvalue weighted by Crippen LogP contribution is 2.23. The first-order valence-corrected chi connectivity index (χ1v) is 7.99. The van der Waals surface area contributed by atoms with Crippen LogP contribution in [0.25, 0.3) is 21.5 Å². The number of hydrogen-bond acceptors (Lipinski definition) is 4. The van der Waals surface area contributed by atoms with E-state index in [0.717, 1.165) is 10.8 Å². The first-order valence-electron chi connectivity index (χ1n) is 7.99. The predicted octanol–water partition coefficient (Wildman–Crippen LogP) is 2.16. The van der Waals surface area contributed by atoms with Crippen LogP contribution < -0.4 is 11.1 Å². The Kier molecular flexibility index (Phi) is 3.35. The number of fused-ring (bicyclic) bond motifs is 3. The van der Waals surface area contributed by atoms with Crippen molar-refractivity contribution >= 4 is 27.5 Å². The van der Waals surface area contributed by atoms with Crippen LogP contribution in [0.15, 0.2) is 58.1 Å². The number of nitrogens with zero attached hydrogens (tertiary/aromatic N) is 2. The first-order chi connectivity index (χ1) is 12.0. The van der Waals surface area contributed by atoms with Gasteiger partial charge in [-0.2, -0.15) is 0 Å². The molecule has 3 aromatic rings. The summed E-state index contributed by atoms with van der Waals surface area (Å²) in [4.78, 5) is 38.3. The lowest BCUT2D eigenvalue weighted by Gasteiger charge is -2.27. The number of aromatic nitrogens is 2. The van der Waals surface area contributed by atoms with Gasteiger partial charge in [-0.3, -0.25) is 9.59 Å². The fraction of sp³-hybridized carbons (Fsp3) is 0.211. The molecule has 2 heterocycles. The van der Waals surface area contributed by atoms with Gasteiger partial charge >= 0.3 is 5.97 Å². The number of esters is 1. The van der Waals surface area contributed by atoms with Gasteiger partial charge in [-0.15, -0.1) is 0 Å². The van der Waals surface area contributed by atoms with Crippen LogP contribution >= 0.6 is 0 Å². The van der Waals surface area contributed by atoms with Gasteiger partial charge in [-0.25, -0.2) is 14.2 Å². The standard InChI is InChI=1S/C19H16N2O4/c1-11-7-8-16(19(24)25-2)21-18(23)15-10-13-6-4-3-5-12(13)9-14(15)17(22)20(11)21/h3-11,16H,1-2H3. The number of rotatable bonds is 1. The molecule has 126 valence electrons. The molecule has 0 bridgehead atoms. The second kappa shape index (κ2) is 5.44. The zero-order chi connectivity index (χ0) is 17.7. The number of benzene rings is 2. The van der Waals surface area contributed by atoms with Gasteiger partial charge in [0.1, 0.15) is 0 Å². The molecule has 1 aromatic heterocycles. The summed E-state index contributed by atoms with van der Waals surface area (Å²) in [5.74, 6) is -0.585. The van der Waals surface area contributed by atoms with E-state index in [1.807, 2.05) is 24.3 Å². The van der Waals surface area contributed by atoms with Gasteiger partial charge in [0.05, 0.1) is 23.9 Å². The lowest BCUT2D eigenvalue weighted by Crippen LogP contribution is -2.45. The summed E-state index contributed by atoms with van der Waals surface area (Å²) in [5.41, 5.74) is -0.682. The molecular formula is C19H16N2O4. The van der Waals surface area contributed by atoms with Gasteiger partial charge in [0, 0.05) is 0 Å². The fourth-order valence-electron chi connectivity index (χ4n) is 3.41. The SMILES string of the molecule is COC(=O)C1C=CC(C)n2c(=O)c3cc4ccccc4cc3c(=O)n21. The molecule has 0 N–H and O–H groups in total. The van der Waals surface area contributed by atoms with Crippen molar-refractivity contribution < 1.29 is 9.53 Å². The van der Waals surface area contributed by atoms with Gasteiger partial charge in [0.2, 0.25) is 0 Å². The first kappa shape index (κ1) is 15.4. The summed E-state index contributed by atoms with van der Waals surface area (Å²) < 4.78 is 7.33. The fourth-order valence-corrected chi connectivity index (χ4v) is 3.41. The molecule has 1 aliphatic rings. The zero-order valence-electron chi connectivity index (χ0n) is 13.8. The molecule has 2 aromatic carbocycles. The Bertz CT molecular complexity index is 1170. The van der Waals surface area contributed by atoms with Crippen molar-refractivity contribution in [2.45, 2.75) is 19.0 Å². The molecule has 0 saturated heterocycles. The molecule has 0 fully saturated rings. The largest absolute Gasteiger partial charge is 0.467 e.